The number of hydrogen-bond donors (Lipinski definition) is 0. The molecule has 1 amide bonds. The molecule has 0 aliphatic carbocycles. The summed E-state index contributed by atoms with van der Waals surface area (Å²) in [5, 5.41) is 0. The highest BCUT2D eigenvalue weighted by Crippen LogP contribution is 2.33. The first kappa shape index (κ1) is 19.6. The van der Waals surface area contributed by atoms with Crippen molar-refractivity contribution in [3.63, 3.8) is 0 Å². The summed E-state index contributed by atoms with van der Waals surface area (Å²) in [5.74, 6) is -1.52. The second-order valence-electron chi connectivity index (χ2n) is 5.40. The Balaban J connectivity index is 2.26. The predicted octanol–water partition coefficient (Wildman–Crippen LogP) is 2.22. The summed E-state index contributed by atoms with van der Waals surface area (Å²) in [6.07, 6.45) is -4.62. The van der Waals surface area contributed by atoms with E-state index in [1.165, 1.54) is 25.3 Å². The molecule has 1 heterocycles. The lowest BCUT2D eigenvalue weighted by Crippen LogP contribution is -2.43. The van der Waals surface area contributed by atoms with Crippen LogP contribution in [0.3, 0.4) is 0 Å². The summed E-state index contributed by atoms with van der Waals surface area (Å²) in [6, 6.07) is 4.01. The molecule has 1 aliphatic heterocycles. The highest BCUT2D eigenvalue weighted by molar-refractivity contribution is 8.13. The fourth-order valence-corrected chi connectivity index (χ4v) is 3.38. The van der Waals surface area contributed by atoms with E-state index in [-0.39, 0.29) is 24.5 Å². The highest BCUT2D eigenvalue weighted by atomic mass is 35.7. The largest absolute Gasteiger partial charge is 0.495 e. The molecule has 0 saturated carbocycles. The Hall–Kier alpha value is -1.68. The minimum Gasteiger partial charge on any atom is -0.495 e. The third-order valence-corrected chi connectivity index (χ3v) is 5.15. The van der Waals surface area contributed by atoms with Crippen LogP contribution in [-0.4, -0.2) is 58.7 Å². The van der Waals surface area contributed by atoms with Gasteiger partial charge in [-0.25, -0.2) is 8.42 Å². The van der Waals surface area contributed by atoms with E-state index in [9.17, 15) is 26.4 Å². The van der Waals surface area contributed by atoms with Gasteiger partial charge in [-0.3, -0.25) is 4.79 Å². The number of ether oxygens (including phenoxy) is 1. The Morgan fingerprint density at radius 3 is 2.44 bits per heavy atom. The van der Waals surface area contributed by atoms with E-state index in [2.05, 4.69) is 0 Å². The molecule has 0 spiro atoms. The van der Waals surface area contributed by atoms with Crippen molar-refractivity contribution in [2.45, 2.75) is 17.5 Å². The third kappa shape index (κ3) is 4.69. The van der Waals surface area contributed by atoms with Crippen LogP contribution in [0.25, 0.3) is 0 Å². The molecular formula is C14H16ClF3N2O4S. The zero-order valence-corrected chi connectivity index (χ0v) is 14.8. The molecule has 6 nitrogen and oxygen atoms in total. The number of benzene rings is 1. The monoisotopic (exact) mass is 400 g/mol. The molecule has 11 heteroatoms. The molecule has 1 aliphatic rings. The average Bonchev–Trinajstić information content (AvgIpc) is 2.77. The number of halogens is 4. The minimum atomic E-state index is -4.92. The summed E-state index contributed by atoms with van der Waals surface area (Å²) < 4.78 is 66.0. The van der Waals surface area contributed by atoms with Gasteiger partial charge < -0.3 is 14.5 Å². The smallest absolute Gasteiger partial charge is 0.471 e. The van der Waals surface area contributed by atoms with Crippen LogP contribution in [0.2, 0.25) is 0 Å². The second kappa shape index (κ2) is 7.28. The lowest BCUT2D eigenvalue weighted by atomic mass is 10.2. The molecule has 1 fully saturated rings. The molecule has 140 valence electrons. The van der Waals surface area contributed by atoms with E-state index in [1.807, 2.05) is 0 Å². The Kier molecular flexibility index (Phi) is 5.72. The standard InChI is InChI=1S/C14H16ClF3N2O4S/c1-24-12-4-3-10(25(15,22)23)9-11(12)19-5-2-6-20(8-7-19)13(21)14(16,17)18/h3-4,9H,2,5-8H2,1H3. The van der Waals surface area contributed by atoms with Gasteiger partial charge in [0.15, 0.2) is 0 Å². The molecule has 2 rings (SSSR count). The molecule has 25 heavy (non-hydrogen) atoms. The predicted molar refractivity (Wildman–Crippen MR) is 85.5 cm³/mol. The SMILES string of the molecule is COc1ccc(S(=O)(=O)Cl)cc1N1CCCN(C(=O)C(F)(F)F)CC1. The number of carbonyl (C=O) groups excluding carboxylic acids is 1. The maximum atomic E-state index is 12.6. The number of amides is 1. The van der Waals surface area contributed by atoms with Crippen molar-refractivity contribution < 1.29 is 31.1 Å². The van der Waals surface area contributed by atoms with Gasteiger partial charge in [0.05, 0.1) is 17.7 Å². The van der Waals surface area contributed by atoms with Crippen molar-refractivity contribution in [2.75, 3.05) is 38.2 Å². The molecule has 1 saturated heterocycles. The maximum absolute atomic E-state index is 12.6. The van der Waals surface area contributed by atoms with E-state index in [1.54, 1.807) is 4.90 Å². The molecule has 1 aromatic rings. The highest BCUT2D eigenvalue weighted by Gasteiger charge is 2.42. The summed E-state index contributed by atoms with van der Waals surface area (Å²) >= 11 is 0. The van der Waals surface area contributed by atoms with Crippen LogP contribution in [-0.2, 0) is 13.8 Å². The summed E-state index contributed by atoms with van der Waals surface area (Å²) in [7, 11) is 2.78. The number of carbonyl (C=O) groups is 1. The first-order valence-corrected chi connectivity index (χ1v) is 9.58. The first-order valence-electron chi connectivity index (χ1n) is 7.28. The Morgan fingerprint density at radius 1 is 1.20 bits per heavy atom. The van der Waals surface area contributed by atoms with Gasteiger partial charge in [-0.05, 0) is 24.6 Å². The zero-order valence-electron chi connectivity index (χ0n) is 13.2. The number of anilines is 1. The molecule has 0 radical (unpaired) electrons. The van der Waals surface area contributed by atoms with Gasteiger partial charge in [0.1, 0.15) is 5.75 Å². The third-order valence-electron chi connectivity index (χ3n) is 3.80. The van der Waals surface area contributed by atoms with Gasteiger partial charge in [0.25, 0.3) is 9.05 Å². The van der Waals surface area contributed by atoms with Crippen molar-refractivity contribution in [3.8, 4) is 5.75 Å². The Labute approximate surface area is 147 Å². The Bertz CT molecular complexity index is 755. The van der Waals surface area contributed by atoms with Crippen LogP contribution >= 0.6 is 10.7 Å². The number of methoxy groups -OCH3 is 1. The van der Waals surface area contributed by atoms with Crippen molar-refractivity contribution in [1.82, 2.24) is 4.90 Å². The van der Waals surface area contributed by atoms with Gasteiger partial charge in [-0.2, -0.15) is 13.2 Å². The first-order chi connectivity index (χ1) is 11.5. The summed E-state index contributed by atoms with van der Waals surface area (Å²) in [4.78, 5) is 13.7. The van der Waals surface area contributed by atoms with Crippen LogP contribution in [0.4, 0.5) is 18.9 Å². The van der Waals surface area contributed by atoms with Gasteiger partial charge in [0, 0.05) is 36.9 Å². The fourth-order valence-electron chi connectivity index (χ4n) is 2.61. The fraction of sp³-hybridized carbons (Fsp3) is 0.500. The second-order valence-corrected chi connectivity index (χ2v) is 7.97. The van der Waals surface area contributed by atoms with Gasteiger partial charge in [0.2, 0.25) is 0 Å². The van der Waals surface area contributed by atoms with Crippen LogP contribution in [0.5, 0.6) is 5.75 Å². The number of hydrogen-bond acceptors (Lipinski definition) is 5. The zero-order chi connectivity index (χ0) is 18.8. The lowest BCUT2D eigenvalue weighted by molar-refractivity contribution is -0.185. The van der Waals surface area contributed by atoms with E-state index in [0.717, 1.165) is 4.90 Å². The number of rotatable bonds is 3. The molecule has 0 atom stereocenters. The van der Waals surface area contributed by atoms with E-state index >= 15 is 0 Å². The van der Waals surface area contributed by atoms with E-state index in [4.69, 9.17) is 15.4 Å². The molecule has 0 unspecified atom stereocenters. The quantitative estimate of drug-likeness (QED) is 0.728. The molecule has 0 aromatic heterocycles. The van der Waals surface area contributed by atoms with Crippen molar-refractivity contribution >= 4 is 31.3 Å². The topological polar surface area (TPSA) is 66.9 Å². The van der Waals surface area contributed by atoms with Crippen LogP contribution < -0.4 is 9.64 Å². The minimum absolute atomic E-state index is 0.0370. The van der Waals surface area contributed by atoms with Gasteiger partial charge in [-0.1, -0.05) is 0 Å². The van der Waals surface area contributed by atoms with Crippen molar-refractivity contribution in [2.24, 2.45) is 0 Å². The normalized spacial score (nSPS) is 16.5. The average molecular weight is 401 g/mol. The van der Waals surface area contributed by atoms with Gasteiger partial charge in [-0.15, -0.1) is 0 Å². The lowest BCUT2D eigenvalue weighted by Gasteiger charge is -2.26. The van der Waals surface area contributed by atoms with E-state index in [0.29, 0.717) is 24.4 Å². The summed E-state index contributed by atoms with van der Waals surface area (Å²) in [5.41, 5.74) is 0.394. The van der Waals surface area contributed by atoms with Gasteiger partial charge >= 0.3 is 12.1 Å². The van der Waals surface area contributed by atoms with Crippen LogP contribution in [0.1, 0.15) is 6.42 Å². The Morgan fingerprint density at radius 2 is 1.88 bits per heavy atom. The van der Waals surface area contributed by atoms with Crippen molar-refractivity contribution in [3.05, 3.63) is 18.2 Å². The van der Waals surface area contributed by atoms with Crippen LogP contribution in [0, 0.1) is 0 Å². The number of nitrogens with zero attached hydrogens (tertiary/aromatic N) is 2. The number of alkyl halides is 3. The molecule has 0 N–H and O–H groups in total. The van der Waals surface area contributed by atoms with Crippen molar-refractivity contribution in [1.29, 1.82) is 0 Å². The molecular weight excluding hydrogens is 385 g/mol. The molecule has 1 aromatic carbocycles. The maximum Gasteiger partial charge on any atom is 0.471 e. The van der Waals surface area contributed by atoms with Crippen LogP contribution in [0.15, 0.2) is 23.1 Å². The summed E-state index contributed by atoms with van der Waals surface area (Å²) in [6.45, 7) is 0.262. The van der Waals surface area contributed by atoms with E-state index < -0.39 is 21.1 Å². The molecule has 0 bridgehead atoms.